The third kappa shape index (κ3) is 1.86. The molecule has 0 saturated heterocycles. The van der Waals surface area contributed by atoms with E-state index in [1.807, 2.05) is 6.07 Å². The summed E-state index contributed by atoms with van der Waals surface area (Å²) in [5.41, 5.74) is 1.38. The van der Waals surface area contributed by atoms with E-state index in [4.69, 9.17) is 0 Å². The van der Waals surface area contributed by atoms with Crippen LogP contribution in [0.1, 0.15) is 18.7 Å². The van der Waals surface area contributed by atoms with E-state index in [1.165, 1.54) is 5.56 Å². The van der Waals surface area contributed by atoms with E-state index < -0.39 is 0 Å². The first-order valence-corrected chi connectivity index (χ1v) is 3.78. The molecule has 0 aliphatic rings. The largest absolute Gasteiger partial charge is 0.131 e. The van der Waals surface area contributed by atoms with Crippen LogP contribution in [0.5, 0.6) is 0 Å². The van der Waals surface area contributed by atoms with Gasteiger partial charge in [-0.2, -0.15) is 0 Å². The molecule has 0 aliphatic heterocycles. The Kier molecular flexibility index (Phi) is 2.33. The monoisotopic (exact) mass is 134 g/mol. The predicted octanol–water partition coefficient (Wildman–Crippen LogP) is 2.16. The first kappa shape index (κ1) is 6.87. The lowest BCUT2D eigenvalue weighted by Gasteiger charge is -2.02. The van der Waals surface area contributed by atoms with Crippen molar-refractivity contribution in [1.29, 1.82) is 0 Å². The van der Waals surface area contributed by atoms with Gasteiger partial charge in [-0.1, -0.05) is 47.6 Å². The van der Waals surface area contributed by atoms with Crippen LogP contribution in [-0.4, -0.2) is 16.3 Å². The second kappa shape index (κ2) is 3.06. The number of benzene rings is 1. The van der Waals surface area contributed by atoms with E-state index in [9.17, 15) is 0 Å². The van der Waals surface area contributed by atoms with Crippen molar-refractivity contribution in [3.05, 3.63) is 35.9 Å². The van der Waals surface area contributed by atoms with E-state index in [0.29, 0.717) is 4.78 Å². The van der Waals surface area contributed by atoms with Crippen LogP contribution in [0.15, 0.2) is 30.3 Å². The highest BCUT2D eigenvalue weighted by molar-refractivity contribution is 6.12. The van der Waals surface area contributed by atoms with Crippen LogP contribution >= 0.6 is 0 Å². The van der Waals surface area contributed by atoms with Gasteiger partial charge in [0.2, 0.25) is 0 Å². The molecule has 1 heteroatoms. The van der Waals surface area contributed by atoms with E-state index in [1.54, 1.807) is 0 Å². The zero-order valence-corrected chi connectivity index (χ0v) is 6.70. The van der Waals surface area contributed by atoms with Crippen LogP contribution in [0.25, 0.3) is 0 Å². The lowest BCUT2D eigenvalue weighted by molar-refractivity contribution is 1.08. The van der Waals surface area contributed by atoms with Crippen LogP contribution in [0, 0.1) is 0 Å². The van der Waals surface area contributed by atoms with Crippen molar-refractivity contribution in [3.63, 3.8) is 0 Å². The van der Waals surface area contributed by atoms with Gasteiger partial charge in [-0.25, -0.2) is 0 Å². The molecule has 2 radical (unpaired) electrons. The Morgan fingerprint density at radius 3 is 2.22 bits per heavy atom. The zero-order valence-electron chi connectivity index (χ0n) is 5.54. The minimum atomic E-state index is 0. The average molecular weight is 134 g/mol. The van der Waals surface area contributed by atoms with Crippen LogP contribution in [0.3, 0.4) is 0 Å². The maximum atomic E-state index is 2.77. The molecule has 1 aromatic carbocycles. The van der Waals surface area contributed by atoms with E-state index in [2.05, 4.69) is 47.5 Å². The Balaban J connectivity index is 0.000000810. The van der Waals surface area contributed by atoms with Crippen LogP contribution in [0.2, 0.25) is 0 Å². The van der Waals surface area contributed by atoms with Gasteiger partial charge in [-0.3, -0.25) is 0 Å². The van der Waals surface area contributed by atoms with Gasteiger partial charge in [0.1, 0.15) is 16.3 Å². The molecule has 0 bridgehead atoms. The SMILES string of the molecule is C[CH]([Al])c1ccccc1.[HH]. The van der Waals surface area contributed by atoms with Crippen molar-refractivity contribution in [3.8, 4) is 0 Å². The van der Waals surface area contributed by atoms with Crippen molar-refractivity contribution in [1.82, 2.24) is 0 Å². The number of hydrogen-bond donors (Lipinski definition) is 0. The molecule has 0 heterocycles. The van der Waals surface area contributed by atoms with Gasteiger partial charge in [-0.05, 0) is 0 Å². The maximum absolute atomic E-state index is 2.77. The van der Waals surface area contributed by atoms with Crippen molar-refractivity contribution >= 4 is 16.3 Å². The summed E-state index contributed by atoms with van der Waals surface area (Å²) in [6, 6.07) is 10.4. The Labute approximate surface area is 65.8 Å². The summed E-state index contributed by atoms with van der Waals surface area (Å²) in [6.07, 6.45) is 0. The minimum Gasteiger partial charge on any atom is -0.0867 e. The van der Waals surface area contributed by atoms with Crippen LogP contribution in [0.4, 0.5) is 0 Å². The number of hydrogen-bond acceptors (Lipinski definition) is 0. The van der Waals surface area contributed by atoms with Crippen LogP contribution < -0.4 is 0 Å². The molecule has 0 saturated carbocycles. The first-order valence-electron chi connectivity index (χ1n) is 3.11. The molecule has 1 rings (SSSR count). The summed E-state index contributed by atoms with van der Waals surface area (Å²) in [4.78, 5) is 0. The van der Waals surface area contributed by atoms with E-state index in [-0.39, 0.29) is 1.43 Å². The third-order valence-corrected chi connectivity index (χ3v) is 1.71. The highest BCUT2D eigenvalue weighted by atomic mass is 27.0. The van der Waals surface area contributed by atoms with Gasteiger partial charge < -0.3 is 0 Å². The fourth-order valence-corrected chi connectivity index (χ4v) is 0.979. The zero-order chi connectivity index (χ0) is 6.69. The molecule has 0 aliphatic carbocycles. The highest BCUT2D eigenvalue weighted by Gasteiger charge is 1.92. The lowest BCUT2D eigenvalue weighted by Crippen LogP contribution is -1.89. The molecule has 46 valence electrons. The van der Waals surface area contributed by atoms with Crippen molar-refractivity contribution in [2.75, 3.05) is 0 Å². The normalized spacial score (nSPS) is 13.0. The van der Waals surface area contributed by atoms with Crippen molar-refractivity contribution < 1.29 is 1.43 Å². The van der Waals surface area contributed by atoms with Gasteiger partial charge in [-0.15, -0.1) is 0 Å². The summed E-state index contributed by atoms with van der Waals surface area (Å²) < 4.78 is 0.575. The van der Waals surface area contributed by atoms with Gasteiger partial charge in [0.05, 0.1) is 0 Å². The summed E-state index contributed by atoms with van der Waals surface area (Å²) in [5, 5.41) is 0. The molecule has 1 unspecified atom stereocenters. The second-order valence-corrected chi connectivity index (χ2v) is 3.20. The summed E-state index contributed by atoms with van der Waals surface area (Å²) in [7, 11) is 0. The van der Waals surface area contributed by atoms with E-state index >= 15 is 0 Å². The molecular formula is C8H11Al. The van der Waals surface area contributed by atoms with E-state index in [0.717, 1.165) is 0 Å². The third-order valence-electron chi connectivity index (χ3n) is 1.33. The standard InChI is InChI=1S/C8H9.Al.H2/c1-2-8-6-4-3-5-7-8;;/h2-7H,1H3;;1H. The molecule has 0 spiro atoms. The second-order valence-electron chi connectivity index (χ2n) is 2.20. The van der Waals surface area contributed by atoms with Gasteiger partial charge in [0.25, 0.3) is 0 Å². The van der Waals surface area contributed by atoms with Crippen LogP contribution in [-0.2, 0) is 0 Å². The Bertz CT molecular complexity index is 172. The molecule has 9 heavy (non-hydrogen) atoms. The Morgan fingerprint density at radius 1 is 1.33 bits per heavy atom. The molecule has 1 aromatic rings. The summed E-state index contributed by atoms with van der Waals surface area (Å²) in [6.45, 7) is 2.17. The smallest absolute Gasteiger partial charge is 0.0867 e. The highest BCUT2D eigenvalue weighted by Crippen LogP contribution is 2.08. The maximum Gasteiger partial charge on any atom is 0.131 e. The Hall–Kier alpha value is -0.248. The Morgan fingerprint density at radius 2 is 1.89 bits per heavy atom. The van der Waals surface area contributed by atoms with Crippen molar-refractivity contribution in [2.24, 2.45) is 0 Å². The lowest BCUT2D eigenvalue weighted by atomic mass is 10.2. The first-order chi connectivity index (χ1) is 4.30. The fourth-order valence-electron chi connectivity index (χ4n) is 0.757. The summed E-state index contributed by atoms with van der Waals surface area (Å²) in [5.74, 6) is 0. The molecule has 0 aromatic heterocycles. The fraction of sp³-hybridized carbons (Fsp3) is 0.250. The molecule has 0 amide bonds. The van der Waals surface area contributed by atoms with Gasteiger partial charge >= 0.3 is 0 Å². The van der Waals surface area contributed by atoms with Crippen molar-refractivity contribution in [2.45, 2.75) is 11.7 Å². The molecule has 0 N–H and O–H groups in total. The van der Waals surface area contributed by atoms with Gasteiger partial charge in [0.15, 0.2) is 0 Å². The predicted molar refractivity (Wildman–Crippen MR) is 42.7 cm³/mol. The topological polar surface area (TPSA) is 0 Å². The molecular weight excluding hydrogens is 123 g/mol. The van der Waals surface area contributed by atoms with Gasteiger partial charge in [0, 0.05) is 1.43 Å². The minimum absolute atomic E-state index is 0. The molecule has 0 nitrogen and oxygen atoms in total. The molecule has 0 fully saturated rings. The summed E-state index contributed by atoms with van der Waals surface area (Å²) >= 11 is 2.77. The average Bonchev–Trinajstić information content (AvgIpc) is 1.90. The number of rotatable bonds is 1. The molecule has 1 atom stereocenters. The quantitative estimate of drug-likeness (QED) is 0.516.